The van der Waals surface area contributed by atoms with Crippen LogP contribution in [-0.2, 0) is 20.7 Å². The van der Waals surface area contributed by atoms with Gasteiger partial charge in [-0.15, -0.1) is 11.3 Å². The monoisotopic (exact) mass is 360 g/mol. The first-order chi connectivity index (χ1) is 11.8. The van der Waals surface area contributed by atoms with Gasteiger partial charge in [-0.3, -0.25) is 9.59 Å². The zero-order valence-corrected chi connectivity index (χ0v) is 15.9. The van der Waals surface area contributed by atoms with Gasteiger partial charge in [-0.25, -0.2) is 4.98 Å². The molecule has 0 aliphatic carbocycles. The molecule has 1 amide bonds. The smallest absolute Gasteiger partial charge is 0.312 e. The van der Waals surface area contributed by atoms with Crippen LogP contribution in [0.1, 0.15) is 44.9 Å². The largest absolute Gasteiger partial charge is 0.455 e. The molecule has 0 radical (unpaired) electrons. The predicted molar refractivity (Wildman–Crippen MR) is 99.6 cm³/mol. The molecule has 0 aliphatic heterocycles. The number of ether oxygens (including phenoxy) is 1. The lowest BCUT2D eigenvalue weighted by Gasteiger charge is -2.08. The number of hydrogen-bond donors (Lipinski definition) is 1. The Morgan fingerprint density at radius 3 is 2.44 bits per heavy atom. The standard InChI is InChI=1S/C19H24N2O3S/c1-12(2)14-5-7-15(8-6-14)19-21-16(11-25-19)9-18(23)24-10-17(22)20-13(3)4/h5-8,11-13H,9-10H2,1-4H3,(H,20,22). The fourth-order valence-corrected chi connectivity index (χ4v) is 3.07. The summed E-state index contributed by atoms with van der Waals surface area (Å²) < 4.78 is 4.98. The van der Waals surface area contributed by atoms with Gasteiger partial charge in [0.15, 0.2) is 6.61 Å². The van der Waals surface area contributed by atoms with Crippen molar-refractivity contribution in [3.05, 3.63) is 40.9 Å². The third kappa shape index (κ3) is 5.98. The number of carbonyl (C=O) groups excluding carboxylic acids is 2. The Morgan fingerprint density at radius 2 is 1.84 bits per heavy atom. The second-order valence-corrected chi connectivity index (χ2v) is 7.34. The van der Waals surface area contributed by atoms with E-state index in [1.807, 2.05) is 31.4 Å². The normalized spacial score (nSPS) is 11.0. The molecule has 0 atom stereocenters. The van der Waals surface area contributed by atoms with Crippen LogP contribution in [0, 0.1) is 0 Å². The van der Waals surface area contributed by atoms with Gasteiger partial charge in [0.05, 0.1) is 12.1 Å². The number of rotatable bonds is 7. The minimum atomic E-state index is -0.453. The van der Waals surface area contributed by atoms with E-state index in [-0.39, 0.29) is 25.0 Å². The van der Waals surface area contributed by atoms with Gasteiger partial charge in [-0.1, -0.05) is 38.1 Å². The molecule has 25 heavy (non-hydrogen) atoms. The second-order valence-electron chi connectivity index (χ2n) is 6.48. The molecule has 1 heterocycles. The van der Waals surface area contributed by atoms with E-state index in [2.05, 4.69) is 36.3 Å². The van der Waals surface area contributed by atoms with Gasteiger partial charge >= 0.3 is 5.97 Å². The number of thiazole rings is 1. The van der Waals surface area contributed by atoms with Crippen molar-refractivity contribution < 1.29 is 14.3 Å². The molecular formula is C19H24N2O3S. The Hall–Kier alpha value is -2.21. The summed E-state index contributed by atoms with van der Waals surface area (Å²) in [5, 5.41) is 5.39. The summed E-state index contributed by atoms with van der Waals surface area (Å²) in [5.74, 6) is -0.262. The number of hydrogen-bond acceptors (Lipinski definition) is 5. The Kier molecular flexibility index (Phi) is 6.70. The lowest BCUT2D eigenvalue weighted by Crippen LogP contribution is -2.34. The van der Waals surface area contributed by atoms with Gasteiger partial charge < -0.3 is 10.1 Å². The van der Waals surface area contributed by atoms with Crippen molar-refractivity contribution in [3.63, 3.8) is 0 Å². The van der Waals surface area contributed by atoms with E-state index in [0.29, 0.717) is 11.6 Å². The summed E-state index contributed by atoms with van der Waals surface area (Å²) in [4.78, 5) is 27.8. The molecule has 0 bridgehead atoms. The molecule has 0 saturated heterocycles. The number of benzene rings is 1. The summed E-state index contributed by atoms with van der Waals surface area (Å²) in [7, 11) is 0. The molecule has 2 rings (SSSR count). The third-order valence-electron chi connectivity index (χ3n) is 3.52. The molecule has 0 fully saturated rings. The topological polar surface area (TPSA) is 68.3 Å². The number of esters is 1. The van der Waals surface area contributed by atoms with Crippen LogP contribution < -0.4 is 5.32 Å². The molecule has 6 heteroatoms. The van der Waals surface area contributed by atoms with Gasteiger partial charge in [0, 0.05) is 17.0 Å². The maximum atomic E-state index is 11.8. The Balaban J connectivity index is 1.90. The van der Waals surface area contributed by atoms with Crippen molar-refractivity contribution in [1.29, 1.82) is 0 Å². The number of nitrogens with zero attached hydrogens (tertiary/aromatic N) is 1. The molecule has 0 aliphatic rings. The fraction of sp³-hybridized carbons (Fsp3) is 0.421. The molecular weight excluding hydrogens is 336 g/mol. The minimum absolute atomic E-state index is 0.0226. The molecule has 5 nitrogen and oxygen atoms in total. The van der Waals surface area contributed by atoms with E-state index in [0.717, 1.165) is 10.6 Å². The van der Waals surface area contributed by atoms with Crippen molar-refractivity contribution in [2.24, 2.45) is 0 Å². The number of aromatic nitrogens is 1. The summed E-state index contributed by atoms with van der Waals surface area (Å²) in [6, 6.07) is 8.32. The average molecular weight is 360 g/mol. The van der Waals surface area contributed by atoms with Crippen molar-refractivity contribution in [3.8, 4) is 10.6 Å². The SMILES string of the molecule is CC(C)NC(=O)COC(=O)Cc1csc(-c2ccc(C(C)C)cc2)n1. The molecule has 134 valence electrons. The van der Waals surface area contributed by atoms with Gasteiger partial charge in [0.25, 0.3) is 5.91 Å². The first kappa shape index (κ1) is 19.1. The summed E-state index contributed by atoms with van der Waals surface area (Å²) in [6.07, 6.45) is 0.0650. The summed E-state index contributed by atoms with van der Waals surface area (Å²) >= 11 is 1.49. The van der Waals surface area contributed by atoms with E-state index in [9.17, 15) is 9.59 Å². The van der Waals surface area contributed by atoms with Crippen LogP contribution in [0.5, 0.6) is 0 Å². The molecule has 1 aromatic carbocycles. The van der Waals surface area contributed by atoms with Crippen molar-refractivity contribution in [2.75, 3.05) is 6.61 Å². The van der Waals surface area contributed by atoms with Crippen LogP contribution in [0.2, 0.25) is 0 Å². The number of nitrogens with one attached hydrogen (secondary N) is 1. The van der Waals surface area contributed by atoms with Gasteiger partial charge in [-0.2, -0.15) is 0 Å². The summed E-state index contributed by atoms with van der Waals surface area (Å²) in [5.41, 5.74) is 2.97. The first-order valence-electron chi connectivity index (χ1n) is 8.35. The first-order valence-corrected chi connectivity index (χ1v) is 9.23. The second kappa shape index (κ2) is 8.76. The zero-order chi connectivity index (χ0) is 18.4. The molecule has 0 unspecified atom stereocenters. The highest BCUT2D eigenvalue weighted by atomic mass is 32.1. The van der Waals surface area contributed by atoms with E-state index in [1.54, 1.807) is 0 Å². The number of carbonyl (C=O) groups is 2. The molecule has 0 saturated carbocycles. The highest BCUT2D eigenvalue weighted by Gasteiger charge is 2.12. The van der Waals surface area contributed by atoms with E-state index in [4.69, 9.17) is 4.74 Å². The number of amides is 1. The zero-order valence-electron chi connectivity index (χ0n) is 15.0. The highest BCUT2D eigenvalue weighted by molar-refractivity contribution is 7.13. The Morgan fingerprint density at radius 1 is 1.16 bits per heavy atom. The molecule has 2 aromatic rings. The average Bonchev–Trinajstić information content (AvgIpc) is 3.01. The maximum Gasteiger partial charge on any atom is 0.312 e. The Bertz CT molecular complexity index is 721. The van der Waals surface area contributed by atoms with Crippen LogP contribution in [0.3, 0.4) is 0 Å². The van der Waals surface area contributed by atoms with Crippen molar-refractivity contribution in [2.45, 2.75) is 46.1 Å². The third-order valence-corrected chi connectivity index (χ3v) is 4.46. The lowest BCUT2D eigenvalue weighted by atomic mass is 10.0. The van der Waals surface area contributed by atoms with Crippen molar-refractivity contribution >= 4 is 23.2 Å². The fourth-order valence-electron chi connectivity index (χ4n) is 2.24. The Labute approximate surface area is 152 Å². The predicted octanol–water partition coefficient (Wildman–Crippen LogP) is 3.54. The van der Waals surface area contributed by atoms with E-state index < -0.39 is 5.97 Å². The van der Waals surface area contributed by atoms with Gasteiger partial charge in [0.2, 0.25) is 0 Å². The van der Waals surface area contributed by atoms with Gasteiger partial charge in [0.1, 0.15) is 5.01 Å². The highest BCUT2D eigenvalue weighted by Crippen LogP contribution is 2.26. The van der Waals surface area contributed by atoms with Crippen LogP contribution in [0.4, 0.5) is 0 Å². The van der Waals surface area contributed by atoms with Crippen LogP contribution in [-0.4, -0.2) is 29.5 Å². The van der Waals surface area contributed by atoms with E-state index in [1.165, 1.54) is 16.9 Å². The van der Waals surface area contributed by atoms with Crippen LogP contribution >= 0.6 is 11.3 Å². The minimum Gasteiger partial charge on any atom is -0.455 e. The molecule has 1 aromatic heterocycles. The van der Waals surface area contributed by atoms with Crippen LogP contribution in [0.25, 0.3) is 10.6 Å². The van der Waals surface area contributed by atoms with Gasteiger partial charge in [-0.05, 0) is 25.3 Å². The van der Waals surface area contributed by atoms with E-state index >= 15 is 0 Å². The quantitative estimate of drug-likeness (QED) is 0.767. The summed E-state index contributed by atoms with van der Waals surface area (Å²) in [6.45, 7) is 7.76. The van der Waals surface area contributed by atoms with Crippen molar-refractivity contribution in [1.82, 2.24) is 10.3 Å². The van der Waals surface area contributed by atoms with Crippen LogP contribution in [0.15, 0.2) is 29.6 Å². The molecule has 0 spiro atoms. The maximum absolute atomic E-state index is 11.8. The molecule has 1 N–H and O–H groups in total. The lowest BCUT2D eigenvalue weighted by molar-refractivity contribution is -0.148.